The molecular weight excluding hydrogens is 462 g/mol. The number of rotatable bonds is 6. The van der Waals surface area contributed by atoms with Crippen molar-refractivity contribution >= 4 is 5.78 Å². The van der Waals surface area contributed by atoms with Crippen LogP contribution < -0.4 is 0 Å². The lowest BCUT2D eigenvalue weighted by molar-refractivity contribution is 0.00491. The Hall–Kier alpha value is -3.34. The molecule has 7 heteroatoms. The Morgan fingerprint density at radius 1 is 1.11 bits per heavy atom. The Kier molecular flexibility index (Phi) is 7.23. The second kappa shape index (κ2) is 10.6. The first-order chi connectivity index (χ1) is 17.9. The van der Waals surface area contributed by atoms with Gasteiger partial charge in [0.05, 0.1) is 53.5 Å². The zero-order chi connectivity index (χ0) is 26.0. The number of Topliss-reactive ketones (excluding diaryl/α,β-unsaturated/α-hetero) is 1. The van der Waals surface area contributed by atoms with Gasteiger partial charge in [-0.2, -0.15) is 10.4 Å². The molecule has 1 aromatic carbocycles. The average molecular weight is 498 g/mol. The SMILES string of the molecule is Cc1ccc(-n2ncc(C(=O)Cc3cnc(C4(C#N)CCC(N5CCOCC5)CC4)c(C)c3)c2C)cc1. The van der Waals surface area contributed by atoms with Gasteiger partial charge < -0.3 is 4.74 Å². The fourth-order valence-electron chi connectivity index (χ4n) is 5.95. The molecule has 0 amide bonds. The van der Waals surface area contributed by atoms with Crippen molar-refractivity contribution in [3.8, 4) is 11.8 Å². The summed E-state index contributed by atoms with van der Waals surface area (Å²) in [5.41, 5.74) is 5.74. The van der Waals surface area contributed by atoms with E-state index in [1.807, 2.05) is 55.8 Å². The molecule has 2 aliphatic rings. The van der Waals surface area contributed by atoms with Crippen LogP contribution in [0.25, 0.3) is 5.69 Å². The van der Waals surface area contributed by atoms with Gasteiger partial charge in [-0.1, -0.05) is 23.8 Å². The van der Waals surface area contributed by atoms with Crippen LogP contribution in [-0.2, 0) is 16.6 Å². The van der Waals surface area contributed by atoms with Crippen LogP contribution in [0, 0.1) is 32.1 Å². The summed E-state index contributed by atoms with van der Waals surface area (Å²) in [6.45, 7) is 9.55. The normalized spacial score (nSPS) is 22.5. The Balaban J connectivity index is 1.28. The van der Waals surface area contributed by atoms with E-state index >= 15 is 0 Å². The number of hydrogen-bond donors (Lipinski definition) is 0. The largest absolute Gasteiger partial charge is 0.379 e. The molecule has 37 heavy (non-hydrogen) atoms. The molecule has 1 saturated carbocycles. The van der Waals surface area contributed by atoms with Crippen LogP contribution in [0.4, 0.5) is 0 Å². The summed E-state index contributed by atoms with van der Waals surface area (Å²) in [5.74, 6) is 0.0193. The zero-order valence-corrected chi connectivity index (χ0v) is 22.0. The third-order valence-corrected chi connectivity index (χ3v) is 8.13. The van der Waals surface area contributed by atoms with Gasteiger partial charge >= 0.3 is 0 Å². The van der Waals surface area contributed by atoms with E-state index in [2.05, 4.69) is 16.1 Å². The van der Waals surface area contributed by atoms with Crippen molar-refractivity contribution in [1.82, 2.24) is 19.7 Å². The predicted molar refractivity (Wildman–Crippen MR) is 142 cm³/mol. The molecule has 0 unspecified atom stereocenters. The molecule has 1 aliphatic carbocycles. The number of morpholine rings is 1. The Bertz CT molecular complexity index is 1310. The van der Waals surface area contributed by atoms with Crippen molar-refractivity contribution in [2.45, 2.75) is 64.3 Å². The van der Waals surface area contributed by atoms with Gasteiger partial charge in [-0.05, 0) is 69.7 Å². The maximum atomic E-state index is 13.2. The van der Waals surface area contributed by atoms with Crippen molar-refractivity contribution in [3.05, 3.63) is 76.4 Å². The number of ether oxygens (including phenoxy) is 1. The molecular formula is C30H35N5O2. The summed E-state index contributed by atoms with van der Waals surface area (Å²) in [7, 11) is 0. The maximum absolute atomic E-state index is 13.2. The smallest absolute Gasteiger partial charge is 0.170 e. The molecule has 192 valence electrons. The van der Waals surface area contributed by atoms with Gasteiger partial charge in [-0.25, -0.2) is 4.68 Å². The van der Waals surface area contributed by atoms with Gasteiger partial charge in [0, 0.05) is 31.7 Å². The highest BCUT2D eigenvalue weighted by molar-refractivity contribution is 5.98. The highest BCUT2D eigenvalue weighted by atomic mass is 16.5. The monoisotopic (exact) mass is 497 g/mol. The van der Waals surface area contributed by atoms with E-state index in [4.69, 9.17) is 9.72 Å². The summed E-state index contributed by atoms with van der Waals surface area (Å²) in [6, 6.07) is 13.3. The standard InChI is InChI=1S/C30H35N5O2/c1-21-4-6-26(7-5-21)35-23(3)27(19-33-35)28(36)17-24-16-22(2)29(32-18-24)30(20-31)10-8-25(9-11-30)34-12-14-37-15-13-34/h4-7,16,18-19,25H,8-15,17H2,1-3H3. The number of nitrogens with zero attached hydrogens (tertiary/aromatic N) is 5. The maximum Gasteiger partial charge on any atom is 0.170 e. The minimum atomic E-state index is -0.554. The topological polar surface area (TPSA) is 84.0 Å². The Morgan fingerprint density at radius 2 is 1.81 bits per heavy atom. The van der Waals surface area contributed by atoms with Crippen LogP contribution in [-0.4, -0.2) is 57.8 Å². The van der Waals surface area contributed by atoms with Gasteiger partial charge in [0.25, 0.3) is 0 Å². The number of aryl methyl sites for hydroxylation is 2. The van der Waals surface area contributed by atoms with E-state index in [0.29, 0.717) is 11.6 Å². The van der Waals surface area contributed by atoms with Crippen LogP contribution in [0.15, 0.2) is 42.7 Å². The molecule has 5 rings (SSSR count). The van der Waals surface area contributed by atoms with Gasteiger partial charge in [-0.15, -0.1) is 0 Å². The predicted octanol–water partition coefficient (Wildman–Crippen LogP) is 4.65. The molecule has 3 heterocycles. The lowest BCUT2D eigenvalue weighted by Crippen LogP contribution is -2.47. The number of carbonyl (C=O) groups is 1. The Morgan fingerprint density at radius 3 is 2.46 bits per heavy atom. The van der Waals surface area contributed by atoms with E-state index in [0.717, 1.165) is 80.2 Å². The number of carbonyl (C=O) groups excluding carboxylic acids is 1. The lowest BCUT2D eigenvalue weighted by atomic mass is 9.69. The number of ketones is 1. The summed E-state index contributed by atoms with van der Waals surface area (Å²) in [4.78, 5) is 20.5. The van der Waals surface area contributed by atoms with Crippen molar-refractivity contribution in [1.29, 1.82) is 5.26 Å². The molecule has 1 aliphatic heterocycles. The first-order valence-electron chi connectivity index (χ1n) is 13.2. The third-order valence-electron chi connectivity index (χ3n) is 8.13. The zero-order valence-electron chi connectivity index (χ0n) is 22.0. The molecule has 0 N–H and O–H groups in total. The summed E-state index contributed by atoms with van der Waals surface area (Å²) in [5, 5.41) is 14.7. The minimum absolute atomic E-state index is 0.0193. The third kappa shape index (κ3) is 5.09. The fourth-order valence-corrected chi connectivity index (χ4v) is 5.95. The summed E-state index contributed by atoms with van der Waals surface area (Å²) in [6.07, 6.45) is 7.33. The van der Waals surface area contributed by atoms with Crippen molar-refractivity contribution < 1.29 is 9.53 Å². The van der Waals surface area contributed by atoms with Crippen molar-refractivity contribution in [3.63, 3.8) is 0 Å². The van der Waals surface area contributed by atoms with Gasteiger partial charge in [0.1, 0.15) is 0 Å². The summed E-state index contributed by atoms with van der Waals surface area (Å²) >= 11 is 0. The van der Waals surface area contributed by atoms with E-state index in [1.54, 1.807) is 12.4 Å². The number of benzene rings is 1. The van der Waals surface area contributed by atoms with E-state index < -0.39 is 5.41 Å². The quantitative estimate of drug-likeness (QED) is 0.461. The number of pyridine rings is 1. The summed E-state index contributed by atoms with van der Waals surface area (Å²) < 4.78 is 7.31. The van der Waals surface area contributed by atoms with Gasteiger partial charge in [0.15, 0.2) is 5.78 Å². The first-order valence-corrected chi connectivity index (χ1v) is 13.2. The second-order valence-corrected chi connectivity index (χ2v) is 10.6. The van der Waals surface area contributed by atoms with E-state index in [-0.39, 0.29) is 12.2 Å². The van der Waals surface area contributed by atoms with Crippen LogP contribution >= 0.6 is 0 Å². The first kappa shape index (κ1) is 25.3. The molecule has 0 spiro atoms. The van der Waals surface area contributed by atoms with Gasteiger partial charge in [-0.3, -0.25) is 14.7 Å². The van der Waals surface area contributed by atoms with Crippen molar-refractivity contribution in [2.75, 3.05) is 26.3 Å². The molecule has 0 atom stereocenters. The highest BCUT2D eigenvalue weighted by Crippen LogP contribution is 2.41. The molecule has 1 saturated heterocycles. The second-order valence-electron chi connectivity index (χ2n) is 10.6. The molecule has 0 bridgehead atoms. The van der Waals surface area contributed by atoms with Gasteiger partial charge in [0.2, 0.25) is 0 Å². The van der Waals surface area contributed by atoms with Crippen LogP contribution in [0.5, 0.6) is 0 Å². The molecule has 0 radical (unpaired) electrons. The number of hydrogen-bond acceptors (Lipinski definition) is 6. The molecule has 2 fully saturated rings. The molecule has 2 aromatic heterocycles. The van der Waals surface area contributed by atoms with Crippen LogP contribution in [0.1, 0.15) is 64.1 Å². The number of aromatic nitrogens is 3. The Labute approximate surface area is 219 Å². The van der Waals surface area contributed by atoms with Crippen LogP contribution in [0.3, 0.4) is 0 Å². The number of nitriles is 1. The van der Waals surface area contributed by atoms with E-state index in [1.165, 1.54) is 5.56 Å². The van der Waals surface area contributed by atoms with Crippen molar-refractivity contribution in [2.24, 2.45) is 0 Å². The average Bonchev–Trinajstić information content (AvgIpc) is 3.31. The minimum Gasteiger partial charge on any atom is -0.379 e. The highest BCUT2D eigenvalue weighted by Gasteiger charge is 2.41. The van der Waals surface area contributed by atoms with E-state index in [9.17, 15) is 10.1 Å². The molecule has 7 nitrogen and oxygen atoms in total. The fraction of sp³-hybridized carbons (Fsp3) is 0.467. The lowest BCUT2D eigenvalue weighted by Gasteiger charge is -2.41. The van der Waals surface area contributed by atoms with Crippen LogP contribution in [0.2, 0.25) is 0 Å². The molecule has 3 aromatic rings.